The third-order valence-electron chi connectivity index (χ3n) is 5.78. The van der Waals surface area contributed by atoms with E-state index < -0.39 is 0 Å². The number of benzene rings is 3. The van der Waals surface area contributed by atoms with Gasteiger partial charge in [-0.3, -0.25) is 9.59 Å². The van der Waals surface area contributed by atoms with Crippen molar-refractivity contribution in [2.24, 2.45) is 0 Å². The molecule has 0 aliphatic carbocycles. The van der Waals surface area contributed by atoms with Gasteiger partial charge in [0.05, 0.1) is 12.3 Å². The second-order valence-electron chi connectivity index (χ2n) is 8.38. The van der Waals surface area contributed by atoms with Gasteiger partial charge in [-0.15, -0.1) is 0 Å². The normalized spacial score (nSPS) is 10.9. The van der Waals surface area contributed by atoms with Gasteiger partial charge in [0.15, 0.2) is 5.76 Å². The number of halogens is 1. The molecule has 4 aromatic rings. The zero-order valence-electron chi connectivity index (χ0n) is 19.7. The van der Waals surface area contributed by atoms with Crippen LogP contribution in [0.15, 0.2) is 77.2 Å². The van der Waals surface area contributed by atoms with Crippen LogP contribution in [0.3, 0.4) is 0 Å². The Balaban J connectivity index is 1.49. The number of unbranched alkanes of at least 4 members (excludes halogenated alkanes) is 4. The summed E-state index contributed by atoms with van der Waals surface area (Å²) in [5.41, 5.74) is 1.73. The summed E-state index contributed by atoms with van der Waals surface area (Å²) < 4.78 is 11.7. The number of rotatable bonds is 11. The first-order chi connectivity index (χ1) is 17.1. The zero-order chi connectivity index (χ0) is 24.6. The van der Waals surface area contributed by atoms with E-state index in [0.717, 1.165) is 18.6 Å². The summed E-state index contributed by atoms with van der Waals surface area (Å²) in [7, 11) is 0. The summed E-state index contributed by atoms with van der Waals surface area (Å²) in [5, 5.41) is 4.07. The number of ketones is 1. The minimum Gasteiger partial charge on any atom is -0.494 e. The van der Waals surface area contributed by atoms with E-state index in [0.29, 0.717) is 39.4 Å². The molecule has 1 aromatic heterocycles. The minimum atomic E-state index is -0.340. The fraction of sp³-hybridized carbons (Fsp3) is 0.241. The summed E-state index contributed by atoms with van der Waals surface area (Å²) in [4.78, 5) is 26.3. The van der Waals surface area contributed by atoms with Crippen LogP contribution in [0.25, 0.3) is 11.0 Å². The van der Waals surface area contributed by atoms with E-state index in [-0.39, 0.29) is 17.5 Å². The Morgan fingerprint density at radius 1 is 0.857 bits per heavy atom. The number of para-hydroxylation sites is 1. The van der Waals surface area contributed by atoms with Crippen molar-refractivity contribution in [2.45, 2.75) is 39.0 Å². The molecule has 4 rings (SSSR count). The number of nitrogens with one attached hydrogen (secondary N) is 1. The highest BCUT2D eigenvalue weighted by atomic mass is 35.5. The molecule has 180 valence electrons. The molecule has 0 saturated heterocycles. The number of ether oxygens (including phenoxy) is 1. The fourth-order valence-electron chi connectivity index (χ4n) is 3.85. The van der Waals surface area contributed by atoms with Gasteiger partial charge >= 0.3 is 0 Å². The van der Waals surface area contributed by atoms with Crippen LogP contribution in [0.1, 0.15) is 65.5 Å². The molecule has 0 unspecified atom stereocenters. The van der Waals surface area contributed by atoms with Crippen molar-refractivity contribution in [1.82, 2.24) is 0 Å². The van der Waals surface area contributed by atoms with E-state index in [1.807, 2.05) is 18.2 Å². The van der Waals surface area contributed by atoms with E-state index >= 15 is 0 Å². The number of anilines is 1. The molecular weight excluding hydrogens is 462 g/mol. The topological polar surface area (TPSA) is 68.5 Å². The van der Waals surface area contributed by atoms with Gasteiger partial charge in [-0.1, -0.05) is 56.3 Å². The van der Waals surface area contributed by atoms with Crippen LogP contribution in [0.2, 0.25) is 5.02 Å². The molecule has 0 aliphatic rings. The van der Waals surface area contributed by atoms with Gasteiger partial charge in [0.2, 0.25) is 5.78 Å². The van der Waals surface area contributed by atoms with Crippen LogP contribution in [0, 0.1) is 0 Å². The van der Waals surface area contributed by atoms with Gasteiger partial charge in [0.25, 0.3) is 5.91 Å². The van der Waals surface area contributed by atoms with Crippen LogP contribution in [-0.4, -0.2) is 18.3 Å². The van der Waals surface area contributed by atoms with E-state index in [1.165, 1.54) is 19.3 Å². The third kappa shape index (κ3) is 6.11. The van der Waals surface area contributed by atoms with Gasteiger partial charge in [-0.25, -0.2) is 0 Å². The Bertz CT molecular complexity index is 1290. The van der Waals surface area contributed by atoms with Gasteiger partial charge < -0.3 is 14.5 Å². The smallest absolute Gasteiger partial charge is 0.255 e. The third-order valence-corrected chi connectivity index (χ3v) is 6.03. The monoisotopic (exact) mass is 489 g/mol. The molecule has 3 aromatic carbocycles. The lowest BCUT2D eigenvalue weighted by molar-refractivity contribution is 0.101. The minimum absolute atomic E-state index is 0.0740. The lowest BCUT2D eigenvalue weighted by Crippen LogP contribution is -2.14. The van der Waals surface area contributed by atoms with E-state index in [1.54, 1.807) is 54.6 Å². The number of furan rings is 1. The Morgan fingerprint density at radius 3 is 2.29 bits per heavy atom. The average Bonchev–Trinajstić information content (AvgIpc) is 3.25. The van der Waals surface area contributed by atoms with Crippen molar-refractivity contribution >= 4 is 39.9 Å². The highest BCUT2D eigenvalue weighted by Crippen LogP contribution is 2.33. The molecule has 0 fully saturated rings. The number of carbonyl (C=O) groups excluding carboxylic acids is 2. The SMILES string of the molecule is CCCCCCCOc1ccc(C(=O)Nc2c(C(=O)c3ccc(Cl)cc3)oc3ccccc23)cc1. The first-order valence-corrected chi connectivity index (χ1v) is 12.3. The van der Waals surface area contributed by atoms with Crippen LogP contribution in [0.4, 0.5) is 5.69 Å². The number of hydrogen-bond acceptors (Lipinski definition) is 4. The standard InChI is InChI=1S/C29H28ClNO4/c1-2-3-4-5-8-19-34-23-17-13-21(14-18-23)29(33)31-26-24-9-6-7-10-25(24)35-28(26)27(32)20-11-15-22(30)16-12-20/h6-7,9-18H,2-5,8,19H2,1H3,(H,31,33). The molecule has 35 heavy (non-hydrogen) atoms. The molecule has 0 saturated carbocycles. The molecule has 0 spiro atoms. The summed E-state index contributed by atoms with van der Waals surface area (Å²) in [6, 6.07) is 20.8. The predicted molar refractivity (Wildman–Crippen MR) is 140 cm³/mol. The van der Waals surface area contributed by atoms with Gasteiger partial charge in [-0.2, -0.15) is 0 Å². The Labute approximate surface area is 210 Å². The quantitative estimate of drug-likeness (QED) is 0.171. The maximum atomic E-state index is 13.2. The Morgan fingerprint density at radius 2 is 1.54 bits per heavy atom. The van der Waals surface area contributed by atoms with Gasteiger partial charge in [0.1, 0.15) is 11.3 Å². The first kappa shape index (κ1) is 24.6. The van der Waals surface area contributed by atoms with Crippen LogP contribution < -0.4 is 10.1 Å². The average molecular weight is 490 g/mol. The highest BCUT2D eigenvalue weighted by Gasteiger charge is 2.23. The molecule has 0 radical (unpaired) electrons. The second kappa shape index (κ2) is 11.7. The number of amides is 1. The maximum Gasteiger partial charge on any atom is 0.255 e. The summed E-state index contributed by atoms with van der Waals surface area (Å²) in [5.74, 6) is 0.123. The molecule has 1 heterocycles. The molecule has 0 atom stereocenters. The lowest BCUT2D eigenvalue weighted by atomic mass is 10.1. The van der Waals surface area contributed by atoms with Crippen molar-refractivity contribution in [1.29, 1.82) is 0 Å². The van der Waals surface area contributed by atoms with Crippen LogP contribution in [-0.2, 0) is 0 Å². The fourth-order valence-corrected chi connectivity index (χ4v) is 3.97. The maximum absolute atomic E-state index is 13.2. The molecule has 5 nitrogen and oxygen atoms in total. The van der Waals surface area contributed by atoms with E-state index in [9.17, 15) is 9.59 Å². The van der Waals surface area contributed by atoms with Gasteiger partial charge in [-0.05, 0) is 67.1 Å². The van der Waals surface area contributed by atoms with Crippen molar-refractivity contribution in [3.05, 3.63) is 94.7 Å². The highest BCUT2D eigenvalue weighted by molar-refractivity contribution is 6.30. The van der Waals surface area contributed by atoms with E-state index in [4.69, 9.17) is 20.8 Å². The number of fused-ring (bicyclic) bond motifs is 1. The number of carbonyl (C=O) groups is 2. The number of hydrogen-bond donors (Lipinski definition) is 1. The van der Waals surface area contributed by atoms with Crippen molar-refractivity contribution in [3.8, 4) is 5.75 Å². The first-order valence-electron chi connectivity index (χ1n) is 11.9. The summed E-state index contributed by atoms with van der Waals surface area (Å²) in [6.45, 7) is 2.86. The predicted octanol–water partition coefficient (Wildman–Crippen LogP) is 7.92. The zero-order valence-corrected chi connectivity index (χ0v) is 20.4. The van der Waals surface area contributed by atoms with Gasteiger partial charge in [0, 0.05) is 21.5 Å². The molecule has 0 aliphatic heterocycles. The molecule has 1 N–H and O–H groups in total. The Kier molecular flexibility index (Phi) is 8.22. The van der Waals surface area contributed by atoms with Crippen molar-refractivity contribution in [3.63, 3.8) is 0 Å². The van der Waals surface area contributed by atoms with Crippen LogP contribution in [0.5, 0.6) is 5.75 Å². The largest absolute Gasteiger partial charge is 0.494 e. The molecule has 1 amide bonds. The molecule has 6 heteroatoms. The summed E-state index contributed by atoms with van der Waals surface area (Å²) in [6.07, 6.45) is 5.87. The van der Waals surface area contributed by atoms with Crippen LogP contribution >= 0.6 is 11.6 Å². The summed E-state index contributed by atoms with van der Waals surface area (Å²) >= 11 is 5.96. The lowest BCUT2D eigenvalue weighted by Gasteiger charge is -2.09. The van der Waals surface area contributed by atoms with Crippen molar-refractivity contribution < 1.29 is 18.7 Å². The van der Waals surface area contributed by atoms with E-state index in [2.05, 4.69) is 12.2 Å². The van der Waals surface area contributed by atoms with Crippen molar-refractivity contribution in [2.75, 3.05) is 11.9 Å². The molecular formula is C29H28ClNO4. The Hall–Kier alpha value is -3.57. The second-order valence-corrected chi connectivity index (χ2v) is 8.82. The molecule has 0 bridgehead atoms.